The Morgan fingerprint density at radius 2 is 1.64 bits per heavy atom. The van der Waals surface area contributed by atoms with Gasteiger partial charge in [0.05, 0.1) is 15.8 Å². The first-order valence-corrected chi connectivity index (χ1v) is 11.9. The van der Waals surface area contributed by atoms with Crippen molar-refractivity contribution in [3.63, 3.8) is 0 Å². The van der Waals surface area contributed by atoms with Crippen molar-refractivity contribution in [2.24, 2.45) is 0 Å². The summed E-state index contributed by atoms with van der Waals surface area (Å²) in [5, 5.41) is 15.4. The van der Waals surface area contributed by atoms with Crippen LogP contribution in [0.5, 0.6) is 0 Å². The van der Waals surface area contributed by atoms with Gasteiger partial charge >= 0.3 is 12.1 Å². The highest BCUT2D eigenvalue weighted by Gasteiger charge is 2.30. The van der Waals surface area contributed by atoms with Crippen molar-refractivity contribution in [3.8, 4) is 11.1 Å². The molecule has 0 bridgehead atoms. The van der Waals surface area contributed by atoms with Crippen LogP contribution in [-0.4, -0.2) is 28.0 Å². The number of benzene rings is 3. The van der Waals surface area contributed by atoms with E-state index in [2.05, 4.69) is 15.6 Å². The maximum atomic E-state index is 12.9. The number of amides is 1. The molecule has 0 unspecified atom stereocenters. The molecule has 0 spiro atoms. The Hall–Kier alpha value is -3.92. The van der Waals surface area contributed by atoms with Crippen LogP contribution in [0.3, 0.4) is 0 Å². The number of halogens is 3. The maximum Gasteiger partial charge on any atom is 0.416 e. The lowest BCUT2D eigenvalue weighted by Crippen LogP contribution is -2.40. The molecule has 4 rings (SSSR count). The SMILES string of the molecule is CCC[C@H](NC(=O)c1ccc(-c2ccc(Nc3nc4ccc(C(F)(F)F)cc4s3)cc2)cc1)C(=O)O. The number of carbonyl (C=O) groups is 2. The van der Waals surface area contributed by atoms with Crippen LogP contribution in [0.2, 0.25) is 0 Å². The van der Waals surface area contributed by atoms with E-state index in [1.807, 2.05) is 31.2 Å². The number of carboxylic acids is 1. The van der Waals surface area contributed by atoms with Crippen LogP contribution in [0.1, 0.15) is 35.7 Å². The Bertz CT molecular complexity index is 1380. The molecule has 0 radical (unpaired) electrons. The first-order valence-electron chi connectivity index (χ1n) is 11.1. The number of hydrogen-bond donors (Lipinski definition) is 3. The summed E-state index contributed by atoms with van der Waals surface area (Å²) in [6.45, 7) is 1.85. The number of aromatic nitrogens is 1. The van der Waals surface area contributed by atoms with E-state index >= 15 is 0 Å². The summed E-state index contributed by atoms with van der Waals surface area (Å²) in [5.74, 6) is -1.51. The zero-order valence-electron chi connectivity index (χ0n) is 19.1. The van der Waals surface area contributed by atoms with Gasteiger partial charge in [-0.25, -0.2) is 9.78 Å². The summed E-state index contributed by atoms with van der Waals surface area (Å²) < 4.78 is 39.3. The summed E-state index contributed by atoms with van der Waals surface area (Å²) in [6.07, 6.45) is -3.41. The van der Waals surface area contributed by atoms with Crippen molar-refractivity contribution in [3.05, 3.63) is 77.9 Å². The van der Waals surface area contributed by atoms with Gasteiger partial charge < -0.3 is 15.7 Å². The van der Waals surface area contributed by atoms with E-state index in [1.54, 1.807) is 24.3 Å². The first kappa shape index (κ1) is 25.2. The maximum absolute atomic E-state index is 12.9. The molecule has 0 aliphatic heterocycles. The summed E-state index contributed by atoms with van der Waals surface area (Å²) in [5.41, 5.74) is 2.62. The number of thiazole rings is 1. The second kappa shape index (κ2) is 10.4. The largest absolute Gasteiger partial charge is 0.480 e. The van der Waals surface area contributed by atoms with Gasteiger partial charge in [0, 0.05) is 11.3 Å². The number of nitrogens with one attached hydrogen (secondary N) is 2. The van der Waals surface area contributed by atoms with E-state index < -0.39 is 29.7 Å². The van der Waals surface area contributed by atoms with E-state index in [-0.39, 0.29) is 0 Å². The van der Waals surface area contributed by atoms with Gasteiger partial charge in [0.2, 0.25) is 0 Å². The molecule has 1 heterocycles. The molecule has 0 aliphatic carbocycles. The van der Waals surface area contributed by atoms with Crippen molar-refractivity contribution in [2.45, 2.75) is 32.0 Å². The van der Waals surface area contributed by atoms with E-state index in [0.717, 1.165) is 40.3 Å². The number of carboxylic acid groups (broad SMARTS) is 1. The molecule has 0 aliphatic rings. The third-order valence-corrected chi connectivity index (χ3v) is 6.45. The normalized spacial score (nSPS) is 12.3. The summed E-state index contributed by atoms with van der Waals surface area (Å²) in [6, 6.07) is 16.8. The zero-order valence-corrected chi connectivity index (χ0v) is 19.9. The molecular formula is C26H22F3N3O3S. The predicted molar refractivity (Wildman–Crippen MR) is 134 cm³/mol. The van der Waals surface area contributed by atoms with Gasteiger partial charge in [0.1, 0.15) is 6.04 Å². The van der Waals surface area contributed by atoms with E-state index in [1.165, 1.54) is 6.07 Å². The number of nitrogens with zero attached hydrogens (tertiary/aromatic N) is 1. The quantitative estimate of drug-likeness (QED) is 0.244. The van der Waals surface area contributed by atoms with Crippen molar-refractivity contribution in [1.29, 1.82) is 0 Å². The van der Waals surface area contributed by atoms with Gasteiger partial charge in [-0.2, -0.15) is 13.2 Å². The average molecular weight is 514 g/mol. The minimum Gasteiger partial charge on any atom is -0.480 e. The molecule has 1 atom stereocenters. The van der Waals surface area contributed by atoms with Crippen LogP contribution < -0.4 is 10.6 Å². The molecule has 4 aromatic rings. The molecule has 0 saturated carbocycles. The molecule has 186 valence electrons. The summed E-state index contributed by atoms with van der Waals surface area (Å²) >= 11 is 1.14. The number of carbonyl (C=O) groups excluding carboxylic acids is 1. The molecule has 10 heteroatoms. The lowest BCUT2D eigenvalue weighted by molar-refractivity contribution is -0.139. The molecule has 1 aromatic heterocycles. The average Bonchev–Trinajstić information content (AvgIpc) is 3.25. The third-order valence-electron chi connectivity index (χ3n) is 5.51. The highest BCUT2D eigenvalue weighted by atomic mass is 32.1. The Morgan fingerprint density at radius 3 is 2.22 bits per heavy atom. The second-order valence-corrected chi connectivity index (χ2v) is 9.16. The Labute approximate surface area is 208 Å². The Morgan fingerprint density at radius 1 is 1.00 bits per heavy atom. The predicted octanol–water partition coefficient (Wildman–Crippen LogP) is 6.71. The van der Waals surface area contributed by atoms with Crippen molar-refractivity contribution < 1.29 is 27.9 Å². The summed E-state index contributed by atoms with van der Waals surface area (Å²) in [4.78, 5) is 28.0. The topological polar surface area (TPSA) is 91.3 Å². The lowest BCUT2D eigenvalue weighted by atomic mass is 10.0. The van der Waals surface area contributed by atoms with Crippen LogP contribution in [-0.2, 0) is 11.0 Å². The molecule has 36 heavy (non-hydrogen) atoms. The molecule has 3 N–H and O–H groups in total. The number of alkyl halides is 3. The lowest BCUT2D eigenvalue weighted by Gasteiger charge is -2.13. The fourth-order valence-electron chi connectivity index (χ4n) is 3.63. The number of fused-ring (bicyclic) bond motifs is 1. The van der Waals surface area contributed by atoms with Crippen LogP contribution in [0.15, 0.2) is 66.7 Å². The first-order chi connectivity index (χ1) is 17.1. The minimum atomic E-state index is -4.40. The van der Waals surface area contributed by atoms with Crippen molar-refractivity contribution in [1.82, 2.24) is 10.3 Å². The Balaban J connectivity index is 1.43. The molecule has 1 amide bonds. The highest BCUT2D eigenvalue weighted by Crippen LogP contribution is 2.35. The monoisotopic (exact) mass is 513 g/mol. The van der Waals surface area contributed by atoms with Crippen LogP contribution >= 0.6 is 11.3 Å². The zero-order chi connectivity index (χ0) is 25.9. The molecule has 3 aromatic carbocycles. The van der Waals surface area contributed by atoms with Gasteiger partial charge in [-0.1, -0.05) is 48.9 Å². The van der Waals surface area contributed by atoms with Crippen LogP contribution in [0.25, 0.3) is 21.3 Å². The van der Waals surface area contributed by atoms with Gasteiger partial charge in [0.25, 0.3) is 5.91 Å². The fourth-order valence-corrected chi connectivity index (χ4v) is 4.55. The van der Waals surface area contributed by atoms with Crippen LogP contribution in [0, 0.1) is 0 Å². The van der Waals surface area contributed by atoms with Crippen molar-refractivity contribution in [2.75, 3.05) is 5.32 Å². The van der Waals surface area contributed by atoms with E-state index in [0.29, 0.717) is 33.8 Å². The van der Waals surface area contributed by atoms with Gasteiger partial charge in [0.15, 0.2) is 5.13 Å². The fraction of sp³-hybridized carbons (Fsp3) is 0.192. The number of hydrogen-bond acceptors (Lipinski definition) is 5. The van der Waals surface area contributed by atoms with Crippen LogP contribution in [0.4, 0.5) is 24.0 Å². The number of aliphatic carboxylic acids is 1. The Kier molecular flexibility index (Phi) is 7.25. The van der Waals surface area contributed by atoms with Gasteiger partial charge in [-0.15, -0.1) is 0 Å². The molecule has 0 saturated heterocycles. The molecule has 6 nitrogen and oxygen atoms in total. The molecular weight excluding hydrogens is 491 g/mol. The van der Waals surface area contributed by atoms with Crippen molar-refractivity contribution >= 4 is 44.2 Å². The molecule has 0 fully saturated rings. The third kappa shape index (κ3) is 5.83. The summed E-state index contributed by atoms with van der Waals surface area (Å²) in [7, 11) is 0. The highest BCUT2D eigenvalue weighted by molar-refractivity contribution is 7.22. The second-order valence-electron chi connectivity index (χ2n) is 8.13. The minimum absolute atomic E-state index is 0.352. The van der Waals surface area contributed by atoms with E-state index in [4.69, 9.17) is 0 Å². The smallest absolute Gasteiger partial charge is 0.416 e. The van der Waals surface area contributed by atoms with E-state index in [9.17, 15) is 27.9 Å². The standard InChI is InChI=1S/C26H22F3N3O3S/c1-2-3-21(24(34)35)31-23(33)17-6-4-15(5-7-17)16-8-11-19(12-9-16)30-25-32-20-13-10-18(26(27,28)29)14-22(20)36-25/h4-14,21H,2-3H2,1H3,(H,30,32)(H,31,33)(H,34,35)/t21-/m0/s1. The number of rotatable bonds is 8. The van der Waals surface area contributed by atoms with Gasteiger partial charge in [-0.3, -0.25) is 4.79 Å². The van der Waals surface area contributed by atoms with Gasteiger partial charge in [-0.05, 0) is 60.0 Å². The number of anilines is 2.